The van der Waals surface area contributed by atoms with Crippen molar-refractivity contribution in [2.75, 3.05) is 10.6 Å². The van der Waals surface area contributed by atoms with Gasteiger partial charge in [0.1, 0.15) is 5.58 Å². The number of benzene rings is 3. The summed E-state index contributed by atoms with van der Waals surface area (Å²) >= 11 is 0. The lowest BCUT2D eigenvalue weighted by molar-refractivity contribution is -0.115. The van der Waals surface area contributed by atoms with Crippen LogP contribution >= 0.6 is 0 Å². The number of anilines is 2. The molecule has 0 saturated carbocycles. The van der Waals surface area contributed by atoms with E-state index in [9.17, 15) is 9.59 Å². The SMILES string of the molecule is Cc1cc(NC(=O)Cc2ccccc2)ccc1NC(=O)c1cc2ccccc2o1. The van der Waals surface area contributed by atoms with E-state index in [1.54, 1.807) is 18.2 Å². The molecule has 144 valence electrons. The monoisotopic (exact) mass is 384 g/mol. The van der Waals surface area contributed by atoms with Crippen LogP contribution in [0, 0.1) is 6.92 Å². The molecule has 2 N–H and O–H groups in total. The lowest BCUT2D eigenvalue weighted by atomic mass is 10.1. The molecule has 0 fully saturated rings. The minimum Gasteiger partial charge on any atom is -0.451 e. The molecular formula is C24H20N2O3. The van der Waals surface area contributed by atoms with Gasteiger partial charge >= 0.3 is 0 Å². The summed E-state index contributed by atoms with van der Waals surface area (Å²) in [6.45, 7) is 1.88. The quantitative estimate of drug-likeness (QED) is 0.498. The fraction of sp³-hybridized carbons (Fsp3) is 0.0833. The number of rotatable bonds is 5. The van der Waals surface area contributed by atoms with Crippen LogP contribution in [0.3, 0.4) is 0 Å². The first-order valence-corrected chi connectivity index (χ1v) is 9.33. The van der Waals surface area contributed by atoms with Gasteiger partial charge in [0.15, 0.2) is 5.76 Å². The van der Waals surface area contributed by atoms with Crippen molar-refractivity contribution in [3.05, 3.63) is 95.7 Å². The van der Waals surface area contributed by atoms with Crippen LogP contribution in [0.15, 0.2) is 83.3 Å². The zero-order valence-corrected chi connectivity index (χ0v) is 15.9. The third-order valence-electron chi connectivity index (χ3n) is 4.62. The van der Waals surface area contributed by atoms with E-state index in [-0.39, 0.29) is 17.6 Å². The summed E-state index contributed by atoms with van der Waals surface area (Å²) in [5.41, 5.74) is 3.82. The van der Waals surface area contributed by atoms with E-state index in [2.05, 4.69) is 10.6 Å². The zero-order chi connectivity index (χ0) is 20.2. The number of furan rings is 1. The van der Waals surface area contributed by atoms with Crippen molar-refractivity contribution in [3.63, 3.8) is 0 Å². The predicted octanol–water partition coefficient (Wildman–Crippen LogP) is 5.17. The molecule has 5 heteroatoms. The van der Waals surface area contributed by atoms with Crippen molar-refractivity contribution in [2.24, 2.45) is 0 Å². The van der Waals surface area contributed by atoms with E-state index in [1.807, 2.05) is 67.6 Å². The number of hydrogen-bond acceptors (Lipinski definition) is 3. The van der Waals surface area contributed by atoms with Gasteiger partial charge in [-0.25, -0.2) is 0 Å². The first kappa shape index (κ1) is 18.5. The average Bonchev–Trinajstić information content (AvgIpc) is 3.15. The minimum absolute atomic E-state index is 0.0883. The Morgan fingerprint density at radius 1 is 0.862 bits per heavy atom. The molecule has 0 bridgehead atoms. The van der Waals surface area contributed by atoms with Gasteiger partial charge in [-0.15, -0.1) is 0 Å². The van der Waals surface area contributed by atoms with Gasteiger partial charge in [0, 0.05) is 16.8 Å². The fourth-order valence-corrected chi connectivity index (χ4v) is 3.15. The fourth-order valence-electron chi connectivity index (χ4n) is 3.15. The normalized spacial score (nSPS) is 10.7. The van der Waals surface area contributed by atoms with Crippen molar-refractivity contribution in [3.8, 4) is 0 Å². The number of carbonyl (C=O) groups is 2. The Bertz CT molecular complexity index is 1150. The molecular weight excluding hydrogens is 364 g/mol. The molecule has 1 aromatic heterocycles. The van der Waals surface area contributed by atoms with Crippen molar-refractivity contribution in [1.29, 1.82) is 0 Å². The molecule has 0 spiro atoms. The van der Waals surface area contributed by atoms with Gasteiger partial charge in [0.05, 0.1) is 6.42 Å². The summed E-state index contributed by atoms with van der Waals surface area (Å²) in [4.78, 5) is 24.8. The van der Waals surface area contributed by atoms with Gasteiger partial charge in [0.2, 0.25) is 5.91 Å². The van der Waals surface area contributed by atoms with E-state index < -0.39 is 0 Å². The van der Waals surface area contributed by atoms with Crippen LogP contribution < -0.4 is 10.6 Å². The predicted molar refractivity (Wildman–Crippen MR) is 114 cm³/mol. The van der Waals surface area contributed by atoms with E-state index in [4.69, 9.17) is 4.42 Å². The Morgan fingerprint density at radius 2 is 1.62 bits per heavy atom. The Labute approximate surface area is 168 Å². The molecule has 4 rings (SSSR count). The number of aryl methyl sites for hydroxylation is 1. The van der Waals surface area contributed by atoms with Gasteiger partial charge in [-0.05, 0) is 48.4 Å². The molecule has 29 heavy (non-hydrogen) atoms. The molecule has 5 nitrogen and oxygen atoms in total. The first-order chi connectivity index (χ1) is 14.1. The summed E-state index contributed by atoms with van der Waals surface area (Å²) in [6, 6.07) is 24.1. The van der Waals surface area contributed by atoms with E-state index in [1.165, 1.54) is 0 Å². The summed E-state index contributed by atoms with van der Waals surface area (Å²) < 4.78 is 5.61. The first-order valence-electron chi connectivity index (χ1n) is 9.33. The number of carbonyl (C=O) groups excluding carboxylic acids is 2. The Kier molecular flexibility index (Phi) is 5.12. The molecule has 0 aliphatic rings. The van der Waals surface area contributed by atoms with Crippen LogP contribution in [0.1, 0.15) is 21.7 Å². The van der Waals surface area contributed by atoms with Crippen LogP contribution in [-0.2, 0) is 11.2 Å². The number of fused-ring (bicyclic) bond motifs is 1. The van der Waals surface area contributed by atoms with E-state index >= 15 is 0 Å². The van der Waals surface area contributed by atoms with Crippen molar-refractivity contribution in [2.45, 2.75) is 13.3 Å². The van der Waals surface area contributed by atoms with Gasteiger partial charge in [-0.3, -0.25) is 9.59 Å². The van der Waals surface area contributed by atoms with Gasteiger partial charge < -0.3 is 15.1 Å². The van der Waals surface area contributed by atoms with Crippen LogP contribution in [-0.4, -0.2) is 11.8 Å². The standard InChI is InChI=1S/C24H20N2O3/c1-16-13-19(25-23(27)14-17-7-3-2-4-8-17)11-12-20(16)26-24(28)22-15-18-9-5-6-10-21(18)29-22/h2-13,15H,14H2,1H3,(H,25,27)(H,26,28). The lowest BCUT2D eigenvalue weighted by Gasteiger charge is -2.11. The zero-order valence-electron chi connectivity index (χ0n) is 15.9. The summed E-state index contributed by atoms with van der Waals surface area (Å²) in [5, 5.41) is 6.63. The molecule has 1 heterocycles. The highest BCUT2D eigenvalue weighted by molar-refractivity contribution is 6.05. The highest BCUT2D eigenvalue weighted by Crippen LogP contribution is 2.23. The molecule has 3 aromatic carbocycles. The van der Waals surface area contributed by atoms with Crippen LogP contribution in [0.5, 0.6) is 0 Å². The summed E-state index contributed by atoms with van der Waals surface area (Å²) in [5.74, 6) is -0.148. The molecule has 2 amide bonds. The molecule has 0 aliphatic heterocycles. The van der Waals surface area contributed by atoms with Crippen molar-refractivity contribution in [1.82, 2.24) is 0 Å². The molecule has 0 atom stereocenters. The minimum atomic E-state index is -0.315. The third kappa shape index (κ3) is 4.35. The molecule has 0 radical (unpaired) electrons. The molecule has 0 unspecified atom stereocenters. The second-order valence-corrected chi connectivity index (χ2v) is 6.84. The second kappa shape index (κ2) is 8.02. The highest BCUT2D eigenvalue weighted by atomic mass is 16.3. The Morgan fingerprint density at radius 3 is 2.38 bits per heavy atom. The summed E-state index contributed by atoms with van der Waals surface area (Å²) in [7, 11) is 0. The maximum atomic E-state index is 12.5. The molecule has 0 saturated heterocycles. The van der Waals surface area contributed by atoms with Gasteiger partial charge in [-0.2, -0.15) is 0 Å². The number of hydrogen-bond donors (Lipinski definition) is 2. The van der Waals surface area contributed by atoms with E-state index in [0.717, 1.165) is 16.5 Å². The molecule has 0 aliphatic carbocycles. The largest absolute Gasteiger partial charge is 0.451 e. The van der Waals surface area contributed by atoms with Crippen LogP contribution in [0.2, 0.25) is 0 Å². The van der Waals surface area contributed by atoms with Gasteiger partial charge in [0.25, 0.3) is 5.91 Å². The van der Waals surface area contributed by atoms with Crippen molar-refractivity contribution >= 4 is 34.2 Å². The second-order valence-electron chi connectivity index (χ2n) is 6.84. The molecule has 4 aromatic rings. The smallest absolute Gasteiger partial charge is 0.291 e. The summed E-state index contributed by atoms with van der Waals surface area (Å²) in [6.07, 6.45) is 0.310. The Balaban J connectivity index is 1.42. The lowest BCUT2D eigenvalue weighted by Crippen LogP contribution is -2.15. The Hall–Kier alpha value is -3.86. The number of para-hydroxylation sites is 1. The average molecular weight is 384 g/mol. The van der Waals surface area contributed by atoms with Gasteiger partial charge in [-0.1, -0.05) is 48.5 Å². The number of nitrogens with one attached hydrogen (secondary N) is 2. The highest BCUT2D eigenvalue weighted by Gasteiger charge is 2.14. The third-order valence-corrected chi connectivity index (χ3v) is 4.62. The topological polar surface area (TPSA) is 71.3 Å². The number of amides is 2. The van der Waals surface area contributed by atoms with Crippen LogP contribution in [0.25, 0.3) is 11.0 Å². The van der Waals surface area contributed by atoms with E-state index in [0.29, 0.717) is 23.4 Å². The van der Waals surface area contributed by atoms with Crippen LogP contribution in [0.4, 0.5) is 11.4 Å². The maximum Gasteiger partial charge on any atom is 0.291 e. The maximum absolute atomic E-state index is 12.5. The van der Waals surface area contributed by atoms with Crippen molar-refractivity contribution < 1.29 is 14.0 Å².